The molecule has 0 aliphatic carbocycles. The first-order valence-electron chi connectivity index (χ1n) is 6.69. The molecular formula is C15H17F3N2O. The average Bonchev–Trinajstić information content (AvgIpc) is 2.38. The third kappa shape index (κ3) is 4.32. The Morgan fingerprint density at radius 2 is 2.00 bits per heavy atom. The highest BCUT2D eigenvalue weighted by Gasteiger charge is 2.31. The fraction of sp³-hybridized carbons (Fsp3) is 0.400. The third-order valence-corrected chi connectivity index (χ3v) is 3.19. The number of hydrogen-bond acceptors (Lipinski definition) is 3. The van der Waals surface area contributed by atoms with E-state index in [9.17, 15) is 13.2 Å². The van der Waals surface area contributed by atoms with Gasteiger partial charge in [0.25, 0.3) is 0 Å². The highest BCUT2D eigenvalue weighted by Crippen LogP contribution is 2.27. The van der Waals surface area contributed by atoms with E-state index in [1.54, 1.807) is 6.07 Å². The smallest absolute Gasteiger partial charge is 0.406 e. The number of fused-ring (bicyclic) bond motifs is 1. The largest absolute Gasteiger partial charge is 0.573 e. The van der Waals surface area contributed by atoms with Crippen molar-refractivity contribution in [1.29, 1.82) is 0 Å². The molecule has 0 unspecified atom stereocenters. The van der Waals surface area contributed by atoms with Gasteiger partial charge in [-0.1, -0.05) is 0 Å². The summed E-state index contributed by atoms with van der Waals surface area (Å²) >= 11 is 0. The zero-order valence-electron chi connectivity index (χ0n) is 11.9. The van der Waals surface area contributed by atoms with Crippen molar-refractivity contribution in [3.8, 4) is 5.75 Å². The van der Waals surface area contributed by atoms with Crippen molar-refractivity contribution in [2.24, 2.45) is 0 Å². The lowest BCUT2D eigenvalue weighted by Crippen LogP contribution is -2.17. The number of benzene rings is 1. The van der Waals surface area contributed by atoms with Gasteiger partial charge in [0.2, 0.25) is 0 Å². The third-order valence-electron chi connectivity index (χ3n) is 3.19. The number of nitrogens with zero attached hydrogens (tertiary/aromatic N) is 1. The van der Waals surface area contributed by atoms with Crippen molar-refractivity contribution in [3.05, 3.63) is 35.5 Å². The molecule has 1 aromatic heterocycles. The van der Waals surface area contributed by atoms with E-state index in [0.717, 1.165) is 30.6 Å². The lowest BCUT2D eigenvalue weighted by Gasteiger charge is -2.11. The zero-order chi connectivity index (χ0) is 15.5. The van der Waals surface area contributed by atoms with Gasteiger partial charge in [0, 0.05) is 11.1 Å². The number of alkyl halides is 3. The molecule has 0 spiro atoms. The number of hydrogen-bond donors (Lipinski definition) is 1. The summed E-state index contributed by atoms with van der Waals surface area (Å²) in [6, 6.07) is 6.08. The summed E-state index contributed by atoms with van der Waals surface area (Å²) in [5.41, 5.74) is 2.62. The summed E-state index contributed by atoms with van der Waals surface area (Å²) in [5.74, 6) is -0.221. The second-order valence-electron chi connectivity index (χ2n) is 4.84. The van der Waals surface area contributed by atoms with Crippen LogP contribution in [0.25, 0.3) is 10.9 Å². The van der Waals surface area contributed by atoms with Crippen LogP contribution in [0.5, 0.6) is 5.75 Å². The number of ether oxygens (including phenoxy) is 1. The number of nitrogens with one attached hydrogen (secondary N) is 1. The number of rotatable bonds is 5. The normalized spacial score (nSPS) is 11.9. The van der Waals surface area contributed by atoms with E-state index < -0.39 is 6.36 Å². The Hall–Kier alpha value is -1.82. The van der Waals surface area contributed by atoms with Gasteiger partial charge >= 0.3 is 6.36 Å². The molecule has 0 atom stereocenters. The molecule has 21 heavy (non-hydrogen) atoms. The molecule has 3 nitrogen and oxygen atoms in total. The van der Waals surface area contributed by atoms with Crippen LogP contribution in [-0.2, 0) is 6.42 Å². The van der Waals surface area contributed by atoms with Gasteiger partial charge in [0.1, 0.15) is 5.75 Å². The quantitative estimate of drug-likeness (QED) is 0.857. The topological polar surface area (TPSA) is 34.1 Å². The van der Waals surface area contributed by atoms with Gasteiger partial charge in [-0.05, 0) is 63.2 Å². The van der Waals surface area contributed by atoms with Gasteiger partial charge in [0.05, 0.1) is 5.52 Å². The van der Waals surface area contributed by atoms with Crippen LogP contribution < -0.4 is 10.1 Å². The maximum atomic E-state index is 12.2. The zero-order valence-corrected chi connectivity index (χ0v) is 11.9. The van der Waals surface area contributed by atoms with E-state index in [1.165, 1.54) is 12.1 Å². The molecule has 0 fully saturated rings. The van der Waals surface area contributed by atoms with Gasteiger partial charge in [-0.25, -0.2) is 0 Å². The van der Waals surface area contributed by atoms with E-state index in [4.69, 9.17) is 0 Å². The number of pyridine rings is 1. The highest BCUT2D eigenvalue weighted by atomic mass is 19.4. The Morgan fingerprint density at radius 1 is 1.24 bits per heavy atom. The van der Waals surface area contributed by atoms with Crippen LogP contribution in [0, 0.1) is 6.92 Å². The van der Waals surface area contributed by atoms with Crippen LogP contribution in [0.4, 0.5) is 13.2 Å². The minimum Gasteiger partial charge on any atom is -0.406 e. The van der Waals surface area contributed by atoms with Crippen LogP contribution >= 0.6 is 0 Å². The van der Waals surface area contributed by atoms with E-state index in [2.05, 4.69) is 15.0 Å². The fourth-order valence-electron chi connectivity index (χ4n) is 2.20. The number of halogens is 3. The Bertz CT molecular complexity index is 626. The molecule has 0 saturated carbocycles. The molecular weight excluding hydrogens is 281 g/mol. The van der Waals surface area contributed by atoms with Crippen LogP contribution in [-0.4, -0.2) is 24.9 Å². The predicted molar refractivity (Wildman–Crippen MR) is 75.4 cm³/mol. The number of aromatic nitrogens is 1. The average molecular weight is 298 g/mol. The van der Waals surface area contributed by atoms with Crippen molar-refractivity contribution < 1.29 is 17.9 Å². The summed E-state index contributed by atoms with van der Waals surface area (Å²) in [6.45, 7) is 2.79. The maximum absolute atomic E-state index is 12.2. The minimum atomic E-state index is -4.68. The second kappa shape index (κ2) is 6.30. The lowest BCUT2D eigenvalue weighted by molar-refractivity contribution is -0.274. The molecule has 6 heteroatoms. The molecule has 0 bridgehead atoms. The maximum Gasteiger partial charge on any atom is 0.573 e. The molecule has 2 rings (SSSR count). The van der Waals surface area contributed by atoms with Crippen LogP contribution in [0.3, 0.4) is 0 Å². The summed E-state index contributed by atoms with van der Waals surface area (Å²) in [4.78, 5) is 4.43. The summed E-state index contributed by atoms with van der Waals surface area (Å²) < 4.78 is 40.7. The van der Waals surface area contributed by atoms with Crippen molar-refractivity contribution in [1.82, 2.24) is 10.3 Å². The second-order valence-corrected chi connectivity index (χ2v) is 4.84. The molecule has 0 aliphatic rings. The molecule has 0 saturated heterocycles. The monoisotopic (exact) mass is 298 g/mol. The van der Waals surface area contributed by atoms with E-state index in [1.807, 2.05) is 20.0 Å². The van der Waals surface area contributed by atoms with Crippen molar-refractivity contribution >= 4 is 10.9 Å². The summed E-state index contributed by atoms with van der Waals surface area (Å²) in [5, 5.41) is 3.72. The van der Waals surface area contributed by atoms with Gasteiger partial charge < -0.3 is 10.1 Å². The van der Waals surface area contributed by atoms with Crippen molar-refractivity contribution in [3.63, 3.8) is 0 Å². The molecule has 0 radical (unpaired) electrons. The van der Waals surface area contributed by atoms with Gasteiger partial charge in [0.15, 0.2) is 0 Å². The fourth-order valence-corrected chi connectivity index (χ4v) is 2.20. The highest BCUT2D eigenvalue weighted by molar-refractivity contribution is 5.81. The van der Waals surface area contributed by atoms with Gasteiger partial charge in [-0.15, -0.1) is 13.2 Å². The van der Waals surface area contributed by atoms with E-state index >= 15 is 0 Å². The van der Waals surface area contributed by atoms with E-state index in [-0.39, 0.29) is 5.75 Å². The summed E-state index contributed by atoms with van der Waals surface area (Å²) in [6.07, 6.45) is -2.90. The van der Waals surface area contributed by atoms with Crippen LogP contribution in [0.15, 0.2) is 24.3 Å². The van der Waals surface area contributed by atoms with Crippen molar-refractivity contribution in [2.45, 2.75) is 26.1 Å². The molecule has 0 aliphatic heterocycles. The Balaban J connectivity index is 2.29. The molecule has 1 N–H and O–H groups in total. The van der Waals surface area contributed by atoms with E-state index in [0.29, 0.717) is 10.9 Å². The molecule has 0 amide bonds. The predicted octanol–water partition coefficient (Wildman–Crippen LogP) is 3.59. The molecule has 2 aromatic rings. The molecule has 114 valence electrons. The standard InChI is InChI=1S/C15H17F3N2O/c1-10-11(4-3-7-19-2)8-12-9-13(21-15(16,17)18)5-6-14(12)20-10/h5-6,8-9,19H,3-4,7H2,1-2H3. The SMILES string of the molecule is CNCCCc1cc2cc(OC(F)(F)F)ccc2nc1C. The number of aryl methyl sites for hydroxylation is 2. The minimum absolute atomic E-state index is 0.221. The van der Waals surface area contributed by atoms with Crippen LogP contribution in [0.1, 0.15) is 17.7 Å². The van der Waals surface area contributed by atoms with Crippen molar-refractivity contribution in [2.75, 3.05) is 13.6 Å². The van der Waals surface area contributed by atoms with Crippen LogP contribution in [0.2, 0.25) is 0 Å². The van der Waals surface area contributed by atoms with Gasteiger partial charge in [-0.2, -0.15) is 0 Å². The Morgan fingerprint density at radius 3 is 2.67 bits per heavy atom. The molecule has 1 heterocycles. The first-order valence-corrected chi connectivity index (χ1v) is 6.69. The van der Waals surface area contributed by atoms with Gasteiger partial charge in [-0.3, -0.25) is 4.98 Å². The summed E-state index contributed by atoms with van der Waals surface area (Å²) in [7, 11) is 1.88. The molecule has 1 aromatic carbocycles. The first-order chi connectivity index (χ1) is 9.89. The first kappa shape index (κ1) is 15.6. The lowest BCUT2D eigenvalue weighted by atomic mass is 10.1. The Labute approximate surface area is 121 Å². The Kier molecular flexibility index (Phi) is 4.67.